The summed E-state index contributed by atoms with van der Waals surface area (Å²) in [6.07, 6.45) is 0.0427. The fraction of sp³-hybridized carbons (Fsp3) is 0.211. The number of nitrogens with two attached hydrogens (primary N) is 1. The van der Waals surface area contributed by atoms with Gasteiger partial charge in [0.25, 0.3) is 5.91 Å². The molecule has 0 aliphatic carbocycles. The molecular weight excluding hydrogens is 371 g/mol. The van der Waals surface area contributed by atoms with Crippen LogP contribution in [0.2, 0.25) is 5.02 Å². The zero-order valence-electron chi connectivity index (χ0n) is 14.8. The van der Waals surface area contributed by atoms with Crippen LogP contribution in [-0.2, 0) is 9.59 Å². The molecule has 2 aromatic rings. The SMILES string of the molecule is Cc1cc(C)c(NC(=O)C2=NN(c3ccc(F)cc3)[C@@H](C(N)=O)C2)c(Cl)c1. The zero-order chi connectivity index (χ0) is 19.7. The van der Waals surface area contributed by atoms with Crippen molar-refractivity contribution in [2.75, 3.05) is 10.3 Å². The van der Waals surface area contributed by atoms with Gasteiger partial charge in [-0.3, -0.25) is 14.6 Å². The van der Waals surface area contributed by atoms with E-state index in [0.29, 0.717) is 16.4 Å². The van der Waals surface area contributed by atoms with Gasteiger partial charge in [-0.15, -0.1) is 0 Å². The van der Waals surface area contributed by atoms with Crippen LogP contribution in [0.4, 0.5) is 15.8 Å². The van der Waals surface area contributed by atoms with Crippen LogP contribution in [0.5, 0.6) is 0 Å². The second-order valence-corrected chi connectivity index (χ2v) is 6.79. The summed E-state index contributed by atoms with van der Waals surface area (Å²) in [6.45, 7) is 3.74. The average Bonchev–Trinajstić information content (AvgIpc) is 3.04. The van der Waals surface area contributed by atoms with Crippen molar-refractivity contribution in [3.63, 3.8) is 0 Å². The molecule has 8 heteroatoms. The molecule has 0 radical (unpaired) electrons. The summed E-state index contributed by atoms with van der Waals surface area (Å²) in [5.74, 6) is -1.52. The second-order valence-electron chi connectivity index (χ2n) is 6.38. The van der Waals surface area contributed by atoms with Crippen LogP contribution in [0.3, 0.4) is 0 Å². The average molecular weight is 389 g/mol. The minimum atomic E-state index is -0.828. The fourth-order valence-corrected chi connectivity index (χ4v) is 3.33. The second kappa shape index (κ2) is 7.36. The van der Waals surface area contributed by atoms with Gasteiger partial charge in [0, 0.05) is 6.42 Å². The van der Waals surface area contributed by atoms with Gasteiger partial charge in [-0.05, 0) is 55.3 Å². The summed E-state index contributed by atoms with van der Waals surface area (Å²) in [5, 5.41) is 8.73. The number of nitrogens with one attached hydrogen (secondary N) is 1. The maximum absolute atomic E-state index is 13.2. The van der Waals surface area contributed by atoms with Gasteiger partial charge in [-0.2, -0.15) is 5.10 Å². The molecule has 0 spiro atoms. The van der Waals surface area contributed by atoms with E-state index in [9.17, 15) is 14.0 Å². The molecule has 0 fully saturated rings. The molecule has 6 nitrogen and oxygen atoms in total. The standard InChI is InChI=1S/C19H18ClFN4O2/c1-10-7-11(2)17(14(20)8-10)23-19(27)15-9-16(18(22)26)25(24-15)13-5-3-12(21)4-6-13/h3-8,16H,9H2,1-2H3,(H2,22,26)(H,23,27)/t16-/m1/s1. The van der Waals surface area contributed by atoms with Crippen LogP contribution in [0, 0.1) is 19.7 Å². The Bertz CT molecular complexity index is 920. The number of aryl methyl sites for hydroxylation is 2. The Morgan fingerprint density at radius 3 is 2.52 bits per heavy atom. The number of carbonyl (C=O) groups excluding carboxylic acids is 2. The Labute approximate surface area is 160 Å². The Kier molecular flexibility index (Phi) is 5.14. The van der Waals surface area contributed by atoms with E-state index in [4.69, 9.17) is 17.3 Å². The van der Waals surface area contributed by atoms with Gasteiger partial charge in [0.15, 0.2) is 0 Å². The molecule has 3 rings (SSSR count). The smallest absolute Gasteiger partial charge is 0.272 e. The third kappa shape index (κ3) is 3.93. The molecule has 0 saturated carbocycles. The lowest BCUT2D eigenvalue weighted by Crippen LogP contribution is -2.39. The minimum Gasteiger partial charge on any atom is -0.368 e. The summed E-state index contributed by atoms with van der Waals surface area (Å²) in [7, 11) is 0. The summed E-state index contributed by atoms with van der Waals surface area (Å²) in [4.78, 5) is 24.5. The summed E-state index contributed by atoms with van der Waals surface area (Å²) in [5.41, 5.74) is 8.34. The molecule has 1 aliphatic rings. The quantitative estimate of drug-likeness (QED) is 0.843. The van der Waals surface area contributed by atoms with Crippen molar-refractivity contribution in [1.82, 2.24) is 0 Å². The zero-order valence-corrected chi connectivity index (χ0v) is 15.5. The number of amides is 2. The van der Waals surface area contributed by atoms with Crippen molar-refractivity contribution in [1.29, 1.82) is 0 Å². The van der Waals surface area contributed by atoms with Crippen molar-refractivity contribution in [2.45, 2.75) is 26.3 Å². The number of primary amides is 1. The molecule has 0 saturated heterocycles. The van der Waals surface area contributed by atoms with Crippen LogP contribution in [0.1, 0.15) is 17.5 Å². The molecule has 2 amide bonds. The van der Waals surface area contributed by atoms with Crippen molar-refractivity contribution >= 4 is 40.5 Å². The highest BCUT2D eigenvalue weighted by atomic mass is 35.5. The topological polar surface area (TPSA) is 87.8 Å². The van der Waals surface area contributed by atoms with E-state index >= 15 is 0 Å². The molecule has 27 heavy (non-hydrogen) atoms. The van der Waals surface area contributed by atoms with Gasteiger partial charge in [0.2, 0.25) is 5.91 Å². The first kappa shape index (κ1) is 18.8. The number of halogens is 2. The van der Waals surface area contributed by atoms with Crippen molar-refractivity contribution in [2.24, 2.45) is 10.8 Å². The van der Waals surface area contributed by atoms with E-state index in [1.165, 1.54) is 29.3 Å². The molecule has 2 aromatic carbocycles. The third-order valence-corrected chi connectivity index (χ3v) is 4.56. The number of anilines is 2. The molecular formula is C19H18ClFN4O2. The highest BCUT2D eigenvalue weighted by Gasteiger charge is 2.35. The lowest BCUT2D eigenvalue weighted by atomic mass is 10.1. The van der Waals surface area contributed by atoms with Crippen LogP contribution in [0.25, 0.3) is 0 Å². The Morgan fingerprint density at radius 1 is 1.26 bits per heavy atom. The van der Waals surface area contributed by atoms with Gasteiger partial charge in [0.05, 0.1) is 16.4 Å². The number of hydrazone groups is 1. The number of hydrogen-bond acceptors (Lipinski definition) is 4. The molecule has 0 bridgehead atoms. The third-order valence-electron chi connectivity index (χ3n) is 4.26. The fourth-order valence-electron chi connectivity index (χ4n) is 2.96. The molecule has 1 aliphatic heterocycles. The normalized spacial score (nSPS) is 16.2. The van der Waals surface area contributed by atoms with Crippen LogP contribution in [0.15, 0.2) is 41.5 Å². The maximum Gasteiger partial charge on any atom is 0.272 e. The largest absolute Gasteiger partial charge is 0.368 e. The Morgan fingerprint density at radius 2 is 1.93 bits per heavy atom. The summed E-state index contributed by atoms with van der Waals surface area (Å²) < 4.78 is 13.2. The maximum atomic E-state index is 13.2. The molecule has 0 aromatic heterocycles. The van der Waals surface area contributed by atoms with E-state index in [1.54, 1.807) is 6.07 Å². The highest BCUT2D eigenvalue weighted by molar-refractivity contribution is 6.45. The van der Waals surface area contributed by atoms with Crippen LogP contribution >= 0.6 is 11.6 Å². The number of hydrogen-bond donors (Lipinski definition) is 2. The molecule has 3 N–H and O–H groups in total. The van der Waals surface area contributed by atoms with Gasteiger partial charge in [-0.25, -0.2) is 4.39 Å². The number of carbonyl (C=O) groups is 2. The predicted octanol–water partition coefficient (Wildman–Crippen LogP) is 3.15. The van der Waals surface area contributed by atoms with Gasteiger partial charge in [-0.1, -0.05) is 17.7 Å². The van der Waals surface area contributed by atoms with E-state index in [1.807, 2.05) is 19.9 Å². The molecule has 1 atom stereocenters. The van der Waals surface area contributed by atoms with Gasteiger partial charge in [0.1, 0.15) is 17.6 Å². The first-order valence-corrected chi connectivity index (χ1v) is 8.63. The lowest BCUT2D eigenvalue weighted by molar-refractivity contribution is -0.119. The first-order valence-electron chi connectivity index (χ1n) is 8.26. The molecule has 140 valence electrons. The van der Waals surface area contributed by atoms with Crippen molar-refractivity contribution < 1.29 is 14.0 Å². The molecule has 1 heterocycles. The number of benzene rings is 2. The Hall–Kier alpha value is -2.93. The first-order chi connectivity index (χ1) is 12.8. The minimum absolute atomic E-state index is 0.0427. The van der Waals surface area contributed by atoms with E-state index in [2.05, 4.69) is 10.4 Å². The van der Waals surface area contributed by atoms with Crippen LogP contribution in [-0.4, -0.2) is 23.6 Å². The van der Waals surface area contributed by atoms with Gasteiger partial charge < -0.3 is 11.1 Å². The van der Waals surface area contributed by atoms with E-state index in [0.717, 1.165) is 11.1 Å². The van der Waals surface area contributed by atoms with Crippen molar-refractivity contribution in [3.8, 4) is 0 Å². The van der Waals surface area contributed by atoms with Gasteiger partial charge >= 0.3 is 0 Å². The summed E-state index contributed by atoms with van der Waals surface area (Å²) >= 11 is 6.23. The van der Waals surface area contributed by atoms with Crippen molar-refractivity contribution in [3.05, 3.63) is 58.4 Å². The van der Waals surface area contributed by atoms with E-state index in [-0.39, 0.29) is 12.1 Å². The molecule has 0 unspecified atom stereocenters. The number of nitrogens with zero attached hydrogens (tertiary/aromatic N) is 2. The lowest BCUT2D eigenvalue weighted by Gasteiger charge is -2.20. The number of rotatable bonds is 4. The predicted molar refractivity (Wildman–Crippen MR) is 103 cm³/mol. The van der Waals surface area contributed by atoms with Crippen LogP contribution < -0.4 is 16.1 Å². The van der Waals surface area contributed by atoms with E-state index < -0.39 is 23.7 Å². The Balaban J connectivity index is 1.87. The summed E-state index contributed by atoms with van der Waals surface area (Å²) in [6, 6.07) is 8.25. The highest BCUT2D eigenvalue weighted by Crippen LogP contribution is 2.29. The monoisotopic (exact) mass is 388 g/mol.